The van der Waals surface area contributed by atoms with Gasteiger partial charge in [0.15, 0.2) is 0 Å². The summed E-state index contributed by atoms with van der Waals surface area (Å²) in [4.78, 5) is 38.9. The van der Waals surface area contributed by atoms with Gasteiger partial charge in [0.25, 0.3) is 0 Å². The van der Waals surface area contributed by atoms with E-state index in [1.54, 1.807) is 4.90 Å². The zero-order valence-electron chi connectivity index (χ0n) is 13.8. The lowest BCUT2D eigenvalue weighted by Crippen LogP contribution is -2.45. The average Bonchev–Trinajstić information content (AvgIpc) is 2.42. The lowest BCUT2D eigenvalue weighted by atomic mass is 10.3. The van der Waals surface area contributed by atoms with E-state index < -0.39 is 21.0 Å². The third kappa shape index (κ3) is 10.2. The standard InChI is InChI=1S/C12H30N4O6P2/c17-23(18,19)11-1-2-12(24(20,21)22)16-9-7-14-5-3-13-4-6-15-8-10-16/h12-15H,1-11H2,(H2,17,18,19)(H2,20,21,22). The fraction of sp³-hybridized carbons (Fsp3) is 1.00. The van der Waals surface area contributed by atoms with Crippen LogP contribution in [0.5, 0.6) is 0 Å². The number of hydrogen-bond acceptors (Lipinski definition) is 6. The van der Waals surface area contributed by atoms with Gasteiger partial charge in [0.05, 0.1) is 0 Å². The minimum Gasteiger partial charge on any atom is -0.324 e. The van der Waals surface area contributed by atoms with Crippen LogP contribution in [0.3, 0.4) is 0 Å². The van der Waals surface area contributed by atoms with Gasteiger partial charge in [-0.1, -0.05) is 0 Å². The van der Waals surface area contributed by atoms with Crippen molar-refractivity contribution in [2.24, 2.45) is 0 Å². The summed E-state index contributed by atoms with van der Waals surface area (Å²) >= 11 is 0. The second-order valence-corrected chi connectivity index (χ2v) is 9.44. The summed E-state index contributed by atoms with van der Waals surface area (Å²) in [5.74, 6) is -1.02. The van der Waals surface area contributed by atoms with Crippen LogP contribution in [-0.4, -0.2) is 88.8 Å². The molecular formula is C12H30N4O6P2. The van der Waals surface area contributed by atoms with Crippen LogP contribution in [0.1, 0.15) is 12.8 Å². The maximum atomic E-state index is 11.9. The summed E-state index contributed by atoms with van der Waals surface area (Å²) in [7, 11) is -8.56. The van der Waals surface area contributed by atoms with Gasteiger partial charge < -0.3 is 35.5 Å². The molecular weight excluding hydrogens is 358 g/mol. The fourth-order valence-corrected chi connectivity index (χ4v) is 4.40. The summed E-state index contributed by atoms with van der Waals surface area (Å²) in [5, 5.41) is 9.70. The Hall–Kier alpha value is 0.140. The second-order valence-electron chi connectivity index (χ2n) is 5.89. The quantitative estimate of drug-likeness (QED) is 0.268. The Labute approximate surface area is 142 Å². The molecule has 1 aliphatic rings. The molecule has 1 unspecified atom stereocenters. The van der Waals surface area contributed by atoms with Crippen molar-refractivity contribution in [3.63, 3.8) is 0 Å². The van der Waals surface area contributed by atoms with Crippen LogP contribution in [0.2, 0.25) is 0 Å². The van der Waals surface area contributed by atoms with E-state index >= 15 is 0 Å². The number of nitrogens with one attached hydrogen (secondary N) is 3. The molecule has 0 radical (unpaired) electrons. The zero-order valence-corrected chi connectivity index (χ0v) is 15.6. The number of nitrogens with zero attached hydrogens (tertiary/aromatic N) is 1. The first-order valence-corrected chi connectivity index (χ1v) is 11.6. The van der Waals surface area contributed by atoms with Crippen molar-refractivity contribution in [3.8, 4) is 0 Å². The molecule has 0 spiro atoms. The van der Waals surface area contributed by atoms with Gasteiger partial charge in [-0.15, -0.1) is 0 Å². The Bertz CT molecular complexity index is 431. The first kappa shape index (κ1) is 22.2. The molecule has 1 fully saturated rings. The molecule has 7 N–H and O–H groups in total. The first-order valence-electron chi connectivity index (χ1n) is 8.16. The molecule has 0 aliphatic carbocycles. The summed E-state index contributed by atoms with van der Waals surface area (Å²) < 4.78 is 22.8. The molecule has 1 atom stereocenters. The minimum atomic E-state index is -4.40. The van der Waals surface area contributed by atoms with E-state index in [1.165, 1.54) is 0 Å². The molecule has 1 aliphatic heterocycles. The molecule has 10 nitrogen and oxygen atoms in total. The molecule has 0 aromatic heterocycles. The van der Waals surface area contributed by atoms with Crippen LogP contribution in [0.25, 0.3) is 0 Å². The Balaban J connectivity index is 2.67. The molecule has 144 valence electrons. The van der Waals surface area contributed by atoms with Gasteiger partial charge in [0.1, 0.15) is 5.78 Å². The van der Waals surface area contributed by atoms with E-state index in [0.29, 0.717) is 26.2 Å². The predicted octanol–water partition coefficient (Wildman–Crippen LogP) is -1.47. The van der Waals surface area contributed by atoms with E-state index in [0.717, 1.165) is 26.2 Å². The van der Waals surface area contributed by atoms with Gasteiger partial charge in [0, 0.05) is 58.5 Å². The average molecular weight is 388 g/mol. The van der Waals surface area contributed by atoms with Crippen LogP contribution in [0.4, 0.5) is 0 Å². The van der Waals surface area contributed by atoms with Crippen molar-refractivity contribution < 1.29 is 28.7 Å². The third-order valence-electron chi connectivity index (χ3n) is 3.83. The van der Waals surface area contributed by atoms with Gasteiger partial charge in [-0.2, -0.15) is 0 Å². The molecule has 0 saturated carbocycles. The SMILES string of the molecule is O=P(O)(O)CCCC(N1CCNCCNCCNCC1)P(=O)(O)O. The summed E-state index contributed by atoms with van der Waals surface area (Å²) in [5.41, 5.74) is 0. The minimum absolute atomic E-state index is 0.0525. The van der Waals surface area contributed by atoms with E-state index in [-0.39, 0.29) is 19.0 Å². The van der Waals surface area contributed by atoms with Crippen molar-refractivity contribution >= 4 is 15.2 Å². The Morgan fingerprint density at radius 1 is 0.833 bits per heavy atom. The number of rotatable bonds is 6. The van der Waals surface area contributed by atoms with Crippen LogP contribution < -0.4 is 16.0 Å². The molecule has 0 amide bonds. The first-order chi connectivity index (χ1) is 11.2. The van der Waals surface area contributed by atoms with Crippen molar-refractivity contribution in [2.45, 2.75) is 18.6 Å². The predicted molar refractivity (Wildman–Crippen MR) is 92.2 cm³/mol. The molecule has 0 aromatic rings. The van der Waals surface area contributed by atoms with E-state index in [4.69, 9.17) is 9.79 Å². The Morgan fingerprint density at radius 2 is 1.29 bits per heavy atom. The van der Waals surface area contributed by atoms with Crippen LogP contribution in [0.15, 0.2) is 0 Å². The van der Waals surface area contributed by atoms with Crippen LogP contribution in [0, 0.1) is 0 Å². The van der Waals surface area contributed by atoms with E-state index in [2.05, 4.69) is 16.0 Å². The second kappa shape index (κ2) is 11.0. The molecule has 1 saturated heterocycles. The van der Waals surface area contributed by atoms with Crippen molar-refractivity contribution in [3.05, 3.63) is 0 Å². The maximum Gasteiger partial charge on any atom is 0.342 e. The third-order valence-corrected chi connectivity index (χ3v) is 6.09. The summed E-state index contributed by atoms with van der Waals surface area (Å²) in [6.45, 7) is 5.31. The lowest BCUT2D eigenvalue weighted by molar-refractivity contribution is 0.203. The smallest absolute Gasteiger partial charge is 0.324 e. The molecule has 0 bridgehead atoms. The van der Waals surface area contributed by atoms with Crippen molar-refractivity contribution in [2.75, 3.05) is 58.5 Å². The Kier molecular flexibility index (Phi) is 10.1. The van der Waals surface area contributed by atoms with Gasteiger partial charge in [0.2, 0.25) is 0 Å². The topological polar surface area (TPSA) is 154 Å². The number of hydrogen-bond donors (Lipinski definition) is 7. The lowest BCUT2D eigenvalue weighted by Gasteiger charge is -2.32. The highest BCUT2D eigenvalue weighted by molar-refractivity contribution is 7.52. The highest BCUT2D eigenvalue weighted by Gasteiger charge is 2.34. The highest BCUT2D eigenvalue weighted by atomic mass is 31.2. The Morgan fingerprint density at radius 3 is 1.71 bits per heavy atom. The zero-order chi connectivity index (χ0) is 18.1. The highest BCUT2D eigenvalue weighted by Crippen LogP contribution is 2.46. The van der Waals surface area contributed by atoms with Gasteiger partial charge >= 0.3 is 15.2 Å². The van der Waals surface area contributed by atoms with Crippen LogP contribution in [-0.2, 0) is 9.13 Å². The molecule has 0 aromatic carbocycles. The molecule has 1 rings (SSSR count). The maximum absolute atomic E-state index is 11.9. The summed E-state index contributed by atoms with van der Waals surface area (Å²) in [6, 6.07) is 0. The van der Waals surface area contributed by atoms with Crippen molar-refractivity contribution in [1.82, 2.24) is 20.9 Å². The fourth-order valence-electron chi connectivity index (χ4n) is 2.63. The van der Waals surface area contributed by atoms with Crippen molar-refractivity contribution in [1.29, 1.82) is 0 Å². The molecule has 12 heteroatoms. The van der Waals surface area contributed by atoms with Crippen LogP contribution >= 0.6 is 15.2 Å². The molecule has 24 heavy (non-hydrogen) atoms. The van der Waals surface area contributed by atoms with Gasteiger partial charge in [-0.05, 0) is 12.8 Å². The summed E-state index contributed by atoms with van der Waals surface area (Å²) in [6.07, 6.45) is -0.238. The van der Waals surface area contributed by atoms with Gasteiger partial charge in [-0.25, -0.2) is 0 Å². The molecule has 1 heterocycles. The normalized spacial score (nSPS) is 21.7. The largest absolute Gasteiger partial charge is 0.342 e. The van der Waals surface area contributed by atoms with E-state index in [9.17, 15) is 18.9 Å². The van der Waals surface area contributed by atoms with E-state index in [1.807, 2.05) is 0 Å². The monoisotopic (exact) mass is 388 g/mol. The van der Waals surface area contributed by atoms with Gasteiger partial charge in [-0.3, -0.25) is 14.0 Å².